The second kappa shape index (κ2) is 9.92. The molecule has 0 spiro atoms. The first-order valence-electron chi connectivity index (χ1n) is 11.5. The van der Waals surface area contributed by atoms with E-state index in [0.717, 1.165) is 38.1 Å². The van der Waals surface area contributed by atoms with Gasteiger partial charge in [0, 0.05) is 51.4 Å². The number of aliphatic hydroxyl groups excluding tert-OH is 1. The molecule has 4 rings (SSSR count). The lowest BCUT2D eigenvalue weighted by Gasteiger charge is -2.33. The van der Waals surface area contributed by atoms with E-state index in [2.05, 4.69) is 56.6 Å². The van der Waals surface area contributed by atoms with Crippen molar-refractivity contribution in [1.29, 1.82) is 0 Å². The third-order valence-electron chi connectivity index (χ3n) is 6.42. The first-order chi connectivity index (χ1) is 14.2. The van der Waals surface area contributed by atoms with Gasteiger partial charge in [0.2, 0.25) is 0 Å². The second-order valence-electron chi connectivity index (χ2n) is 8.81. The average Bonchev–Trinajstić information content (AvgIpc) is 3.58. The zero-order valence-corrected chi connectivity index (χ0v) is 17.8. The number of β-amino-alcohol motifs (C(OH)–C–C–N with tert-alkyl or cyclic N) is 1. The van der Waals surface area contributed by atoms with E-state index in [1.54, 1.807) is 0 Å². The Labute approximate surface area is 175 Å². The van der Waals surface area contributed by atoms with Gasteiger partial charge in [-0.15, -0.1) is 0 Å². The van der Waals surface area contributed by atoms with Gasteiger partial charge in [-0.25, -0.2) is 0 Å². The van der Waals surface area contributed by atoms with Crippen LogP contribution in [0.1, 0.15) is 43.7 Å². The van der Waals surface area contributed by atoms with E-state index < -0.39 is 6.10 Å². The Kier molecular flexibility index (Phi) is 7.06. The minimum atomic E-state index is -0.438. The summed E-state index contributed by atoms with van der Waals surface area (Å²) in [7, 11) is 0. The maximum atomic E-state index is 10.6. The summed E-state index contributed by atoms with van der Waals surface area (Å²) >= 11 is 0. The molecule has 1 unspecified atom stereocenters. The number of hydrogen-bond acceptors (Lipinski definition) is 4. The number of likely N-dealkylation sites (tertiary alicyclic amines) is 1. The Morgan fingerprint density at radius 2 is 1.90 bits per heavy atom. The Balaban J connectivity index is 1.23. The molecule has 2 heterocycles. The van der Waals surface area contributed by atoms with Crippen LogP contribution in [0.2, 0.25) is 0 Å². The molecule has 0 amide bonds. The van der Waals surface area contributed by atoms with Crippen molar-refractivity contribution in [2.24, 2.45) is 4.99 Å². The zero-order chi connectivity index (χ0) is 20.1. The molecule has 0 bridgehead atoms. The molecular weight excluding hydrogens is 362 g/mol. The minimum absolute atomic E-state index is 0.438. The highest BCUT2D eigenvalue weighted by Crippen LogP contribution is 2.29. The fraction of sp³-hybridized carbons (Fsp3) is 0.696. The van der Waals surface area contributed by atoms with E-state index in [9.17, 15) is 5.11 Å². The van der Waals surface area contributed by atoms with Crippen molar-refractivity contribution in [2.75, 3.05) is 39.3 Å². The first kappa shape index (κ1) is 20.6. The van der Waals surface area contributed by atoms with Gasteiger partial charge in [-0.3, -0.25) is 9.89 Å². The predicted octanol–water partition coefficient (Wildman–Crippen LogP) is 1.59. The maximum absolute atomic E-state index is 10.6. The van der Waals surface area contributed by atoms with Crippen LogP contribution < -0.4 is 10.6 Å². The van der Waals surface area contributed by atoms with Gasteiger partial charge in [-0.05, 0) is 50.2 Å². The van der Waals surface area contributed by atoms with Gasteiger partial charge >= 0.3 is 0 Å². The van der Waals surface area contributed by atoms with Crippen LogP contribution in [0.5, 0.6) is 0 Å². The SMILES string of the molecule is CCNC(=NCC(O)CN1CCc2ccccc2C1)NC1CCN(C2CC2)CC1. The third-order valence-corrected chi connectivity index (χ3v) is 6.42. The highest BCUT2D eigenvalue weighted by atomic mass is 16.3. The molecule has 2 fully saturated rings. The monoisotopic (exact) mass is 399 g/mol. The highest BCUT2D eigenvalue weighted by molar-refractivity contribution is 5.80. The summed E-state index contributed by atoms with van der Waals surface area (Å²) in [5.74, 6) is 0.848. The topological polar surface area (TPSA) is 63.1 Å². The summed E-state index contributed by atoms with van der Waals surface area (Å²) in [4.78, 5) is 9.67. The normalized spacial score (nSPS) is 22.9. The van der Waals surface area contributed by atoms with E-state index in [1.165, 1.54) is 49.9 Å². The standard InChI is InChI=1S/C23H37N5O/c1-2-24-23(26-20-10-13-28(14-11-20)21-7-8-21)25-15-22(29)17-27-12-9-18-5-3-4-6-19(18)16-27/h3-6,20-22,29H,2,7-17H2,1H3,(H2,24,25,26). The quantitative estimate of drug-likeness (QED) is 0.480. The van der Waals surface area contributed by atoms with Crippen LogP contribution in [0.3, 0.4) is 0 Å². The molecule has 0 radical (unpaired) electrons. The van der Waals surface area contributed by atoms with Crippen LogP contribution >= 0.6 is 0 Å². The second-order valence-corrected chi connectivity index (χ2v) is 8.81. The van der Waals surface area contributed by atoms with Crippen molar-refractivity contribution in [1.82, 2.24) is 20.4 Å². The van der Waals surface area contributed by atoms with E-state index in [0.29, 0.717) is 19.1 Å². The maximum Gasteiger partial charge on any atom is 0.191 e. The van der Waals surface area contributed by atoms with Gasteiger partial charge in [-0.1, -0.05) is 24.3 Å². The molecule has 1 aromatic carbocycles. The summed E-state index contributed by atoms with van der Waals surface area (Å²) < 4.78 is 0. The van der Waals surface area contributed by atoms with Crippen molar-refractivity contribution < 1.29 is 5.11 Å². The van der Waals surface area contributed by atoms with Crippen molar-refractivity contribution >= 4 is 5.96 Å². The lowest BCUT2D eigenvalue weighted by molar-refractivity contribution is 0.111. The Bertz CT molecular complexity index is 682. The fourth-order valence-corrected chi connectivity index (χ4v) is 4.62. The summed E-state index contributed by atoms with van der Waals surface area (Å²) in [5, 5.41) is 17.5. The fourth-order valence-electron chi connectivity index (χ4n) is 4.62. The summed E-state index contributed by atoms with van der Waals surface area (Å²) in [6.07, 6.45) is 5.77. The third kappa shape index (κ3) is 5.93. The molecule has 1 saturated heterocycles. The summed E-state index contributed by atoms with van der Waals surface area (Å²) in [6, 6.07) is 9.99. The molecule has 3 aliphatic rings. The van der Waals surface area contributed by atoms with Crippen molar-refractivity contribution in [3.63, 3.8) is 0 Å². The Morgan fingerprint density at radius 1 is 1.14 bits per heavy atom. The zero-order valence-electron chi connectivity index (χ0n) is 17.8. The van der Waals surface area contributed by atoms with Gasteiger partial charge < -0.3 is 20.6 Å². The summed E-state index contributed by atoms with van der Waals surface area (Å²) in [5.41, 5.74) is 2.84. The number of nitrogens with one attached hydrogen (secondary N) is 2. The molecule has 2 aliphatic heterocycles. The molecule has 6 heteroatoms. The van der Waals surface area contributed by atoms with Gasteiger partial charge in [0.25, 0.3) is 0 Å². The minimum Gasteiger partial charge on any atom is -0.390 e. The van der Waals surface area contributed by atoms with Gasteiger partial charge in [-0.2, -0.15) is 0 Å². The van der Waals surface area contributed by atoms with Gasteiger partial charge in [0.05, 0.1) is 12.6 Å². The molecule has 3 N–H and O–H groups in total. The molecule has 6 nitrogen and oxygen atoms in total. The number of aliphatic hydroxyl groups is 1. The molecule has 1 atom stereocenters. The van der Waals surface area contributed by atoms with E-state index in [4.69, 9.17) is 0 Å². The summed E-state index contributed by atoms with van der Waals surface area (Å²) in [6.45, 7) is 8.37. The van der Waals surface area contributed by atoms with Crippen LogP contribution in [0.25, 0.3) is 0 Å². The first-order valence-corrected chi connectivity index (χ1v) is 11.5. The largest absolute Gasteiger partial charge is 0.390 e. The van der Waals surface area contributed by atoms with Crippen molar-refractivity contribution in [2.45, 2.75) is 63.8 Å². The molecule has 1 aromatic rings. The molecule has 1 saturated carbocycles. The van der Waals surface area contributed by atoms with E-state index in [1.807, 2.05) is 0 Å². The average molecular weight is 400 g/mol. The number of nitrogens with zero attached hydrogens (tertiary/aromatic N) is 3. The van der Waals surface area contributed by atoms with Crippen LogP contribution in [0.4, 0.5) is 0 Å². The number of aliphatic imine (C=N–C) groups is 1. The number of fused-ring (bicyclic) bond motifs is 1. The van der Waals surface area contributed by atoms with Crippen LogP contribution in [-0.4, -0.2) is 78.3 Å². The lowest BCUT2D eigenvalue weighted by Crippen LogP contribution is -2.49. The number of hydrogen-bond donors (Lipinski definition) is 3. The highest BCUT2D eigenvalue weighted by Gasteiger charge is 2.31. The smallest absolute Gasteiger partial charge is 0.191 e. The molecule has 29 heavy (non-hydrogen) atoms. The van der Waals surface area contributed by atoms with E-state index >= 15 is 0 Å². The predicted molar refractivity (Wildman–Crippen MR) is 118 cm³/mol. The van der Waals surface area contributed by atoms with E-state index in [-0.39, 0.29) is 0 Å². The number of benzene rings is 1. The Hall–Kier alpha value is -1.63. The van der Waals surface area contributed by atoms with Crippen LogP contribution in [-0.2, 0) is 13.0 Å². The molecule has 160 valence electrons. The number of piperidine rings is 1. The van der Waals surface area contributed by atoms with Crippen molar-refractivity contribution in [3.8, 4) is 0 Å². The lowest BCUT2D eigenvalue weighted by atomic mass is 10.00. The van der Waals surface area contributed by atoms with Crippen molar-refractivity contribution in [3.05, 3.63) is 35.4 Å². The van der Waals surface area contributed by atoms with Gasteiger partial charge in [0.1, 0.15) is 0 Å². The van der Waals surface area contributed by atoms with Crippen LogP contribution in [0, 0.1) is 0 Å². The molecule has 1 aliphatic carbocycles. The molecule has 0 aromatic heterocycles. The van der Waals surface area contributed by atoms with Crippen LogP contribution in [0.15, 0.2) is 29.3 Å². The number of rotatable bonds is 7. The Morgan fingerprint density at radius 3 is 2.62 bits per heavy atom. The number of guanidine groups is 1. The molecular formula is C23H37N5O. The van der Waals surface area contributed by atoms with Gasteiger partial charge in [0.15, 0.2) is 5.96 Å².